The number of fused-ring (bicyclic) bond motifs is 1. The topological polar surface area (TPSA) is 69.9 Å². The Morgan fingerprint density at radius 3 is 2.56 bits per heavy atom. The molecule has 1 atom stereocenters. The molecule has 164 valence electrons. The number of carbonyl (C=O) groups excluding carboxylic acids is 1. The summed E-state index contributed by atoms with van der Waals surface area (Å²) >= 11 is 1.30. The molecule has 0 fully saturated rings. The van der Waals surface area contributed by atoms with Gasteiger partial charge in [-0.05, 0) is 38.5 Å². The van der Waals surface area contributed by atoms with Crippen molar-refractivity contribution in [2.45, 2.75) is 26.8 Å². The monoisotopic (exact) mass is 448 g/mol. The molecule has 0 N–H and O–H groups in total. The highest BCUT2D eigenvalue weighted by molar-refractivity contribution is 7.07. The van der Waals surface area contributed by atoms with Crippen LogP contribution in [-0.2, 0) is 9.53 Å². The van der Waals surface area contributed by atoms with Crippen LogP contribution in [0.2, 0.25) is 0 Å². The molecule has 1 aliphatic rings. The van der Waals surface area contributed by atoms with Gasteiger partial charge in [0.25, 0.3) is 5.56 Å². The number of hydrogen-bond acceptors (Lipinski definition) is 6. The lowest BCUT2D eigenvalue weighted by Gasteiger charge is -2.25. The first-order valence-electron chi connectivity index (χ1n) is 10.3. The third kappa shape index (κ3) is 3.91. The maximum Gasteiger partial charge on any atom is 0.338 e. The first-order chi connectivity index (χ1) is 15.4. The van der Waals surface area contributed by atoms with Crippen LogP contribution in [-0.4, -0.2) is 24.3 Å². The summed E-state index contributed by atoms with van der Waals surface area (Å²) in [5, 5.41) is 0. The highest BCUT2D eigenvalue weighted by Crippen LogP contribution is 2.35. The highest BCUT2D eigenvalue weighted by Gasteiger charge is 2.34. The number of allylic oxidation sites excluding steroid dienone is 1. The summed E-state index contributed by atoms with van der Waals surface area (Å²) in [6.45, 7) is 5.77. The lowest BCUT2D eigenvalue weighted by Crippen LogP contribution is -2.40. The molecule has 0 bridgehead atoms. The van der Waals surface area contributed by atoms with Crippen molar-refractivity contribution in [1.29, 1.82) is 0 Å². The van der Waals surface area contributed by atoms with Gasteiger partial charge >= 0.3 is 5.97 Å². The second-order valence-electron chi connectivity index (χ2n) is 7.45. The first-order valence-corrected chi connectivity index (χ1v) is 11.2. The van der Waals surface area contributed by atoms with Crippen LogP contribution in [0.3, 0.4) is 0 Å². The van der Waals surface area contributed by atoms with Gasteiger partial charge in [-0.2, -0.15) is 0 Å². The SMILES string of the molecule is CCOC(=O)C1=C(C)N=c2s/c(=C\c3ccc(C)cc3)c(=O)n2C1c1ccccc1OC. The number of hydrogen-bond donors (Lipinski definition) is 0. The Kier molecular flexibility index (Phi) is 6.10. The molecule has 0 saturated heterocycles. The van der Waals surface area contributed by atoms with Gasteiger partial charge in [-0.3, -0.25) is 9.36 Å². The minimum atomic E-state index is -0.693. The van der Waals surface area contributed by atoms with Crippen LogP contribution in [0.4, 0.5) is 0 Å². The van der Waals surface area contributed by atoms with Crippen LogP contribution in [0.15, 0.2) is 69.6 Å². The zero-order valence-electron chi connectivity index (χ0n) is 18.4. The first kappa shape index (κ1) is 21.8. The average molecular weight is 449 g/mol. The number of methoxy groups -OCH3 is 1. The van der Waals surface area contributed by atoms with E-state index in [1.165, 1.54) is 11.3 Å². The predicted molar refractivity (Wildman–Crippen MR) is 125 cm³/mol. The predicted octanol–water partition coefficient (Wildman–Crippen LogP) is 3.12. The molecule has 2 aromatic carbocycles. The normalized spacial score (nSPS) is 15.9. The molecule has 1 unspecified atom stereocenters. The van der Waals surface area contributed by atoms with E-state index in [2.05, 4.69) is 4.99 Å². The number of ether oxygens (including phenoxy) is 2. The lowest BCUT2D eigenvalue weighted by atomic mass is 9.95. The van der Waals surface area contributed by atoms with Crippen LogP contribution in [0.25, 0.3) is 6.08 Å². The Morgan fingerprint density at radius 2 is 1.88 bits per heavy atom. The van der Waals surface area contributed by atoms with Gasteiger partial charge in [-0.1, -0.05) is 59.4 Å². The smallest absolute Gasteiger partial charge is 0.338 e. The van der Waals surface area contributed by atoms with Crippen LogP contribution in [0.5, 0.6) is 5.75 Å². The zero-order chi connectivity index (χ0) is 22.8. The molecule has 4 rings (SSSR count). The quantitative estimate of drug-likeness (QED) is 0.563. The van der Waals surface area contributed by atoms with E-state index in [0.29, 0.717) is 31.9 Å². The lowest BCUT2D eigenvalue weighted by molar-refractivity contribution is -0.139. The molecule has 0 radical (unpaired) electrons. The summed E-state index contributed by atoms with van der Waals surface area (Å²) in [4.78, 5) is 31.6. The summed E-state index contributed by atoms with van der Waals surface area (Å²) in [6.07, 6.45) is 1.85. The molecule has 1 aromatic heterocycles. The van der Waals surface area contributed by atoms with Crippen LogP contribution >= 0.6 is 11.3 Å². The van der Waals surface area contributed by atoms with Crippen molar-refractivity contribution in [3.63, 3.8) is 0 Å². The van der Waals surface area contributed by atoms with Crippen molar-refractivity contribution in [1.82, 2.24) is 4.57 Å². The summed E-state index contributed by atoms with van der Waals surface area (Å²) in [5.74, 6) is 0.0968. The molecule has 7 heteroatoms. The Labute approximate surface area is 189 Å². The molecule has 6 nitrogen and oxygen atoms in total. The highest BCUT2D eigenvalue weighted by atomic mass is 32.1. The fraction of sp³-hybridized carbons (Fsp3) is 0.240. The number of para-hydroxylation sites is 1. The van der Waals surface area contributed by atoms with Gasteiger partial charge in [0.2, 0.25) is 0 Å². The Morgan fingerprint density at radius 1 is 1.16 bits per heavy atom. The molecular formula is C25H24N2O4S. The number of nitrogens with zero attached hydrogens (tertiary/aromatic N) is 2. The van der Waals surface area contributed by atoms with Gasteiger partial charge in [0.05, 0.1) is 29.5 Å². The van der Waals surface area contributed by atoms with E-state index >= 15 is 0 Å². The van der Waals surface area contributed by atoms with E-state index in [-0.39, 0.29) is 12.2 Å². The van der Waals surface area contributed by atoms with Crippen LogP contribution in [0.1, 0.15) is 36.6 Å². The van der Waals surface area contributed by atoms with Crippen molar-refractivity contribution in [2.75, 3.05) is 13.7 Å². The van der Waals surface area contributed by atoms with E-state index in [1.54, 1.807) is 25.5 Å². The van der Waals surface area contributed by atoms with E-state index in [4.69, 9.17) is 9.47 Å². The molecule has 0 spiro atoms. The number of aryl methyl sites for hydroxylation is 1. The fourth-order valence-corrected chi connectivity index (χ4v) is 4.84. The standard InChI is InChI=1S/C25H24N2O4S/c1-5-31-24(29)21-16(3)26-25-27(22(21)18-8-6-7-9-19(18)30-4)23(28)20(32-25)14-17-12-10-15(2)11-13-17/h6-14,22H,5H2,1-4H3/b20-14-. The maximum atomic E-state index is 13.6. The molecule has 0 aliphatic carbocycles. The van der Waals surface area contributed by atoms with Gasteiger partial charge in [0.1, 0.15) is 11.8 Å². The van der Waals surface area contributed by atoms with Gasteiger partial charge < -0.3 is 9.47 Å². The van der Waals surface area contributed by atoms with Gasteiger partial charge in [0.15, 0.2) is 4.80 Å². The third-order valence-corrected chi connectivity index (χ3v) is 6.31. The number of esters is 1. The molecule has 1 aliphatic heterocycles. The molecule has 0 amide bonds. The number of thiazole rings is 1. The molecular weight excluding hydrogens is 424 g/mol. The zero-order valence-corrected chi connectivity index (χ0v) is 19.2. The summed E-state index contributed by atoms with van der Waals surface area (Å²) in [5.41, 5.74) is 3.44. The maximum absolute atomic E-state index is 13.6. The van der Waals surface area contributed by atoms with Gasteiger partial charge in [-0.15, -0.1) is 0 Å². The minimum absolute atomic E-state index is 0.209. The van der Waals surface area contributed by atoms with Crippen molar-refractivity contribution >= 4 is 23.4 Å². The fourth-order valence-electron chi connectivity index (χ4n) is 3.79. The number of carbonyl (C=O) groups is 1. The summed E-state index contributed by atoms with van der Waals surface area (Å²) < 4.78 is 13.0. The van der Waals surface area contributed by atoms with Crippen molar-refractivity contribution in [3.05, 3.63) is 96.2 Å². The van der Waals surface area contributed by atoms with E-state index in [9.17, 15) is 9.59 Å². The minimum Gasteiger partial charge on any atom is -0.496 e. The molecule has 32 heavy (non-hydrogen) atoms. The van der Waals surface area contributed by atoms with Crippen LogP contribution < -0.4 is 19.6 Å². The number of aromatic nitrogens is 1. The second-order valence-corrected chi connectivity index (χ2v) is 8.46. The summed E-state index contributed by atoms with van der Waals surface area (Å²) in [7, 11) is 1.57. The second kappa shape index (κ2) is 8.96. The van der Waals surface area contributed by atoms with Crippen molar-refractivity contribution in [3.8, 4) is 5.75 Å². The van der Waals surface area contributed by atoms with Crippen LogP contribution in [0, 0.1) is 6.92 Å². The van der Waals surface area contributed by atoms with E-state index in [1.807, 2.05) is 61.5 Å². The molecule has 3 aromatic rings. The Bertz CT molecular complexity index is 1380. The molecule has 2 heterocycles. The summed E-state index contributed by atoms with van der Waals surface area (Å²) in [6, 6.07) is 14.6. The van der Waals surface area contributed by atoms with Gasteiger partial charge in [-0.25, -0.2) is 9.79 Å². The van der Waals surface area contributed by atoms with E-state index in [0.717, 1.165) is 11.1 Å². The largest absolute Gasteiger partial charge is 0.496 e. The average Bonchev–Trinajstić information content (AvgIpc) is 3.09. The molecule has 0 saturated carbocycles. The van der Waals surface area contributed by atoms with Crippen molar-refractivity contribution in [2.24, 2.45) is 4.99 Å². The van der Waals surface area contributed by atoms with Crippen molar-refractivity contribution < 1.29 is 14.3 Å². The Hall–Kier alpha value is -3.45. The third-order valence-electron chi connectivity index (χ3n) is 5.33. The Balaban J connectivity index is 1.98. The van der Waals surface area contributed by atoms with E-state index < -0.39 is 12.0 Å². The number of rotatable bonds is 5. The van der Waals surface area contributed by atoms with Gasteiger partial charge in [0, 0.05) is 5.56 Å². The number of benzene rings is 2.